The maximum Gasteiger partial charge on any atom is 0.329 e. The number of ether oxygens (including phenoxy) is 1. The predicted molar refractivity (Wildman–Crippen MR) is 131 cm³/mol. The van der Waals surface area contributed by atoms with Gasteiger partial charge in [0.25, 0.3) is 0 Å². The van der Waals surface area contributed by atoms with Crippen LogP contribution in [-0.4, -0.2) is 68.8 Å². The second-order valence-electron chi connectivity index (χ2n) is 11.5. The molecule has 2 saturated carbocycles. The van der Waals surface area contributed by atoms with E-state index in [1.807, 2.05) is 0 Å². The van der Waals surface area contributed by atoms with Gasteiger partial charge in [0.15, 0.2) is 11.5 Å². The van der Waals surface area contributed by atoms with Crippen molar-refractivity contribution in [3.05, 3.63) is 23.8 Å². The first-order valence-corrected chi connectivity index (χ1v) is 12.9. The Hall–Kier alpha value is -2.81. The lowest BCUT2D eigenvalue weighted by Gasteiger charge is -2.39. The van der Waals surface area contributed by atoms with Crippen LogP contribution in [0.15, 0.2) is 18.2 Å². The van der Waals surface area contributed by atoms with Crippen molar-refractivity contribution in [3.8, 4) is 11.5 Å². The maximum atomic E-state index is 13.2. The van der Waals surface area contributed by atoms with Crippen molar-refractivity contribution in [1.29, 1.82) is 0 Å². The number of phenols is 2. The molecule has 198 valence electrons. The van der Waals surface area contributed by atoms with Crippen molar-refractivity contribution < 1.29 is 34.4 Å². The van der Waals surface area contributed by atoms with Gasteiger partial charge in [-0.15, -0.1) is 0 Å². The third-order valence-corrected chi connectivity index (χ3v) is 9.28. The fourth-order valence-corrected chi connectivity index (χ4v) is 6.43. The molecule has 3 fully saturated rings. The van der Waals surface area contributed by atoms with Crippen molar-refractivity contribution in [2.24, 2.45) is 16.7 Å². The largest absolute Gasteiger partial charge is 0.504 e. The molecule has 0 spiro atoms. The summed E-state index contributed by atoms with van der Waals surface area (Å²) in [7, 11) is 0. The molecule has 4 N–H and O–H groups in total. The molecule has 2 amide bonds. The van der Waals surface area contributed by atoms with Crippen molar-refractivity contribution in [3.63, 3.8) is 0 Å². The summed E-state index contributed by atoms with van der Waals surface area (Å²) in [5.74, 6) is -1.61. The van der Waals surface area contributed by atoms with Crippen LogP contribution >= 0.6 is 0 Å². The third-order valence-electron chi connectivity index (χ3n) is 9.28. The average Bonchev–Trinajstić information content (AvgIpc) is 3.44. The zero-order valence-electron chi connectivity index (χ0n) is 21.5. The number of carbonyl (C=O) groups excluding carboxylic acids is 3. The van der Waals surface area contributed by atoms with E-state index in [-0.39, 0.29) is 40.8 Å². The van der Waals surface area contributed by atoms with Gasteiger partial charge >= 0.3 is 5.97 Å². The van der Waals surface area contributed by atoms with Crippen LogP contribution in [0, 0.1) is 16.7 Å². The molecule has 1 aromatic carbocycles. The van der Waals surface area contributed by atoms with Crippen LogP contribution in [0.25, 0.3) is 0 Å². The SMILES string of the molecule is CC(NC(=O)[C@H](O)Cc1ccc(O)c(O)c1)C(=O)N1CCC[C@H]1C(=O)OC1CC2CCC1(C)C2(C)C. The number of nitrogens with zero attached hydrogens (tertiary/aromatic N) is 1. The predicted octanol–water partition coefficient (Wildman–Crippen LogP) is 2.25. The van der Waals surface area contributed by atoms with E-state index in [1.165, 1.54) is 30.0 Å². The molecule has 9 heteroatoms. The minimum absolute atomic E-state index is 0.0630. The molecule has 4 unspecified atom stereocenters. The topological polar surface area (TPSA) is 136 Å². The van der Waals surface area contributed by atoms with E-state index in [1.54, 1.807) is 0 Å². The standard InChI is InChI=1S/C27H38N2O7/c1-15(28-23(33)21(32)13-16-7-8-19(30)20(31)12-16)24(34)29-11-5-6-18(29)25(35)36-22-14-17-9-10-27(22,4)26(17,2)3/h7-8,12,15,17-18,21-22,30-32H,5-6,9-11,13-14H2,1-4H3,(H,28,33)/t15?,17?,18-,21+,22?,27?/m0/s1. The summed E-state index contributed by atoms with van der Waals surface area (Å²) in [5.41, 5.74) is 0.500. The third kappa shape index (κ3) is 4.53. The number of carbonyl (C=O) groups is 3. The number of phenolic OH excluding ortho intramolecular Hbond substituents is 2. The molecule has 6 atom stereocenters. The lowest BCUT2D eigenvalue weighted by molar-refractivity contribution is -0.165. The summed E-state index contributed by atoms with van der Waals surface area (Å²) in [6.07, 6.45) is 2.54. The Morgan fingerprint density at radius 3 is 2.50 bits per heavy atom. The molecule has 2 bridgehead atoms. The summed E-state index contributed by atoms with van der Waals surface area (Å²) >= 11 is 0. The van der Waals surface area contributed by atoms with Crippen molar-refractivity contribution in [2.45, 2.75) is 90.5 Å². The molecular weight excluding hydrogens is 464 g/mol. The number of aliphatic hydroxyl groups is 1. The van der Waals surface area contributed by atoms with E-state index >= 15 is 0 Å². The van der Waals surface area contributed by atoms with Crippen LogP contribution in [0.1, 0.15) is 65.4 Å². The average molecular weight is 503 g/mol. The van der Waals surface area contributed by atoms with Gasteiger partial charge in [-0.25, -0.2) is 4.79 Å². The number of nitrogens with one attached hydrogen (secondary N) is 1. The minimum atomic E-state index is -1.45. The van der Waals surface area contributed by atoms with E-state index in [4.69, 9.17) is 4.74 Å². The number of amides is 2. The molecule has 1 aliphatic heterocycles. The number of aromatic hydroxyl groups is 2. The Bertz CT molecular complexity index is 1040. The second kappa shape index (κ2) is 9.57. The highest BCUT2D eigenvalue weighted by Gasteiger charge is 2.63. The first-order valence-electron chi connectivity index (χ1n) is 12.9. The molecule has 4 rings (SSSR count). The number of hydrogen-bond donors (Lipinski definition) is 4. The second-order valence-corrected chi connectivity index (χ2v) is 11.5. The summed E-state index contributed by atoms with van der Waals surface area (Å²) < 4.78 is 6.03. The molecule has 0 aromatic heterocycles. The van der Waals surface area contributed by atoms with E-state index in [0.29, 0.717) is 30.9 Å². The molecule has 9 nitrogen and oxygen atoms in total. The number of fused-ring (bicyclic) bond motifs is 2. The van der Waals surface area contributed by atoms with Crippen molar-refractivity contribution in [1.82, 2.24) is 10.2 Å². The van der Waals surface area contributed by atoms with Gasteiger partial charge in [-0.2, -0.15) is 0 Å². The fourth-order valence-electron chi connectivity index (χ4n) is 6.43. The quantitative estimate of drug-likeness (QED) is 0.332. The van der Waals surface area contributed by atoms with Gasteiger partial charge < -0.3 is 30.3 Å². The highest BCUT2D eigenvalue weighted by Crippen LogP contribution is 2.66. The van der Waals surface area contributed by atoms with Gasteiger partial charge in [0.2, 0.25) is 11.8 Å². The number of rotatable bonds is 7. The Balaban J connectivity index is 1.33. The first-order chi connectivity index (χ1) is 16.8. The smallest absolute Gasteiger partial charge is 0.329 e. The number of hydrogen-bond acceptors (Lipinski definition) is 7. The summed E-state index contributed by atoms with van der Waals surface area (Å²) in [6.45, 7) is 8.65. The van der Waals surface area contributed by atoms with E-state index in [0.717, 1.165) is 19.3 Å². The van der Waals surface area contributed by atoms with Gasteiger partial charge in [0.1, 0.15) is 24.3 Å². The zero-order valence-corrected chi connectivity index (χ0v) is 21.5. The fraction of sp³-hybridized carbons (Fsp3) is 0.667. The van der Waals surface area contributed by atoms with Gasteiger partial charge in [0, 0.05) is 18.4 Å². The Morgan fingerprint density at radius 1 is 1.17 bits per heavy atom. The summed E-state index contributed by atoms with van der Waals surface area (Å²) in [4.78, 5) is 40.3. The Kier molecular flexibility index (Phi) is 6.98. The summed E-state index contributed by atoms with van der Waals surface area (Å²) in [6, 6.07) is 2.41. The van der Waals surface area contributed by atoms with Crippen LogP contribution in [0.2, 0.25) is 0 Å². The molecule has 1 saturated heterocycles. The van der Waals surface area contributed by atoms with E-state index in [2.05, 4.69) is 26.1 Å². The highest BCUT2D eigenvalue weighted by molar-refractivity contribution is 5.92. The first kappa shape index (κ1) is 26.3. The highest BCUT2D eigenvalue weighted by atomic mass is 16.5. The van der Waals surface area contributed by atoms with Crippen LogP contribution < -0.4 is 5.32 Å². The molecule has 36 heavy (non-hydrogen) atoms. The number of benzene rings is 1. The van der Waals surface area contributed by atoms with Gasteiger partial charge in [-0.05, 0) is 68.1 Å². The monoisotopic (exact) mass is 502 g/mol. The van der Waals surface area contributed by atoms with Crippen LogP contribution in [0.4, 0.5) is 0 Å². The van der Waals surface area contributed by atoms with Crippen LogP contribution in [-0.2, 0) is 25.5 Å². The molecule has 2 aliphatic carbocycles. The van der Waals surface area contributed by atoms with Crippen LogP contribution in [0.5, 0.6) is 11.5 Å². The Morgan fingerprint density at radius 2 is 1.89 bits per heavy atom. The number of esters is 1. The van der Waals surface area contributed by atoms with E-state index in [9.17, 15) is 29.7 Å². The minimum Gasteiger partial charge on any atom is -0.504 e. The maximum absolute atomic E-state index is 13.2. The van der Waals surface area contributed by atoms with E-state index < -0.39 is 30.0 Å². The lowest BCUT2D eigenvalue weighted by Crippen LogP contribution is -2.53. The van der Waals surface area contributed by atoms with Crippen molar-refractivity contribution in [2.75, 3.05) is 6.54 Å². The number of aliphatic hydroxyl groups excluding tert-OH is 1. The summed E-state index contributed by atoms with van der Waals surface area (Å²) in [5, 5.41) is 31.8. The molecule has 0 radical (unpaired) electrons. The van der Waals surface area contributed by atoms with Crippen LogP contribution in [0.3, 0.4) is 0 Å². The number of likely N-dealkylation sites (tertiary alicyclic amines) is 1. The molecule has 3 aliphatic rings. The zero-order chi connectivity index (χ0) is 26.4. The normalized spacial score (nSPS) is 30.1. The molecule has 1 aromatic rings. The van der Waals surface area contributed by atoms with Gasteiger partial charge in [-0.3, -0.25) is 9.59 Å². The molecular formula is C27H38N2O7. The van der Waals surface area contributed by atoms with Gasteiger partial charge in [0.05, 0.1) is 0 Å². The van der Waals surface area contributed by atoms with Crippen molar-refractivity contribution >= 4 is 17.8 Å². The Labute approximate surface area is 211 Å². The van der Waals surface area contributed by atoms with Gasteiger partial charge in [-0.1, -0.05) is 26.8 Å². The lowest BCUT2D eigenvalue weighted by atomic mass is 9.70. The molecule has 1 heterocycles.